The van der Waals surface area contributed by atoms with Crippen LogP contribution in [-0.2, 0) is 0 Å². The SMILES string of the molecule is CC(C)Oc1ccc2cc([C@H](N)C(F)(F)F)ccc2c1. The number of hydrogen-bond donors (Lipinski definition) is 1. The second-order valence-electron chi connectivity index (χ2n) is 4.95. The molecule has 2 aromatic rings. The Balaban J connectivity index is 2.36. The molecule has 0 amide bonds. The molecule has 5 heteroatoms. The summed E-state index contributed by atoms with van der Waals surface area (Å²) in [6.45, 7) is 3.82. The van der Waals surface area contributed by atoms with E-state index in [2.05, 4.69) is 0 Å². The van der Waals surface area contributed by atoms with Crippen molar-refractivity contribution in [2.75, 3.05) is 0 Å². The molecule has 0 aromatic heterocycles. The number of halogens is 3. The van der Waals surface area contributed by atoms with Crippen LogP contribution in [0.1, 0.15) is 25.5 Å². The summed E-state index contributed by atoms with van der Waals surface area (Å²) in [5.74, 6) is 0.695. The summed E-state index contributed by atoms with van der Waals surface area (Å²) >= 11 is 0. The summed E-state index contributed by atoms with van der Waals surface area (Å²) < 4.78 is 43.3. The molecule has 0 fully saturated rings. The van der Waals surface area contributed by atoms with Gasteiger partial charge in [0.15, 0.2) is 0 Å². The van der Waals surface area contributed by atoms with Gasteiger partial charge in [-0.2, -0.15) is 13.2 Å². The summed E-state index contributed by atoms with van der Waals surface area (Å²) in [6, 6.07) is 7.82. The molecule has 2 nitrogen and oxygen atoms in total. The van der Waals surface area contributed by atoms with Crippen LogP contribution in [0.4, 0.5) is 13.2 Å². The number of fused-ring (bicyclic) bond motifs is 1. The number of rotatable bonds is 3. The van der Waals surface area contributed by atoms with Gasteiger partial charge in [-0.1, -0.05) is 18.2 Å². The summed E-state index contributed by atoms with van der Waals surface area (Å²) in [7, 11) is 0. The Labute approximate surface area is 115 Å². The Morgan fingerprint density at radius 3 is 2.20 bits per heavy atom. The third-order valence-corrected chi connectivity index (χ3v) is 2.92. The second kappa shape index (κ2) is 5.32. The molecule has 0 saturated heterocycles. The van der Waals surface area contributed by atoms with Crippen LogP contribution in [0.2, 0.25) is 0 Å². The van der Waals surface area contributed by atoms with Crippen LogP contribution in [0.25, 0.3) is 10.8 Å². The van der Waals surface area contributed by atoms with Crippen molar-refractivity contribution in [2.45, 2.75) is 32.2 Å². The minimum Gasteiger partial charge on any atom is -0.491 e. The van der Waals surface area contributed by atoms with Crippen molar-refractivity contribution in [3.05, 3.63) is 42.0 Å². The molecule has 2 N–H and O–H groups in total. The monoisotopic (exact) mass is 283 g/mol. The minimum atomic E-state index is -4.44. The van der Waals surface area contributed by atoms with Crippen LogP contribution in [-0.4, -0.2) is 12.3 Å². The molecule has 1 atom stereocenters. The van der Waals surface area contributed by atoms with Gasteiger partial charge >= 0.3 is 6.18 Å². The van der Waals surface area contributed by atoms with E-state index in [9.17, 15) is 13.2 Å². The van der Waals surface area contributed by atoms with Gasteiger partial charge in [0.25, 0.3) is 0 Å². The average Bonchev–Trinajstić information content (AvgIpc) is 2.35. The molecule has 0 aliphatic heterocycles. The van der Waals surface area contributed by atoms with Crippen LogP contribution in [0, 0.1) is 0 Å². The van der Waals surface area contributed by atoms with Crippen LogP contribution in [0.3, 0.4) is 0 Å². The molecule has 108 valence electrons. The Morgan fingerprint density at radius 2 is 1.60 bits per heavy atom. The van der Waals surface area contributed by atoms with Gasteiger partial charge in [-0.05, 0) is 48.4 Å². The Morgan fingerprint density at radius 1 is 1.00 bits per heavy atom. The first-order valence-corrected chi connectivity index (χ1v) is 6.30. The van der Waals surface area contributed by atoms with E-state index in [1.165, 1.54) is 12.1 Å². The first-order valence-electron chi connectivity index (χ1n) is 6.30. The number of benzene rings is 2. The number of alkyl halides is 3. The van der Waals surface area contributed by atoms with Gasteiger partial charge in [-0.15, -0.1) is 0 Å². The van der Waals surface area contributed by atoms with Crippen LogP contribution < -0.4 is 10.5 Å². The number of hydrogen-bond acceptors (Lipinski definition) is 2. The maximum absolute atomic E-state index is 12.6. The highest BCUT2D eigenvalue weighted by atomic mass is 19.4. The fraction of sp³-hybridized carbons (Fsp3) is 0.333. The van der Waals surface area contributed by atoms with E-state index in [-0.39, 0.29) is 11.7 Å². The topological polar surface area (TPSA) is 35.2 Å². The van der Waals surface area contributed by atoms with E-state index in [0.717, 1.165) is 5.39 Å². The van der Waals surface area contributed by atoms with E-state index < -0.39 is 12.2 Å². The molecule has 0 aliphatic rings. The van der Waals surface area contributed by atoms with Gasteiger partial charge in [0, 0.05) is 0 Å². The molecule has 0 bridgehead atoms. The zero-order valence-electron chi connectivity index (χ0n) is 11.2. The van der Waals surface area contributed by atoms with Crippen molar-refractivity contribution in [3.8, 4) is 5.75 Å². The number of ether oxygens (including phenoxy) is 1. The first-order chi connectivity index (χ1) is 9.27. The molecule has 0 radical (unpaired) electrons. The van der Waals surface area contributed by atoms with Gasteiger partial charge in [-0.25, -0.2) is 0 Å². The fourth-order valence-corrected chi connectivity index (χ4v) is 1.97. The summed E-state index contributed by atoms with van der Waals surface area (Å²) in [5, 5.41) is 1.53. The summed E-state index contributed by atoms with van der Waals surface area (Å²) in [6.07, 6.45) is -4.39. The molecule has 20 heavy (non-hydrogen) atoms. The highest BCUT2D eigenvalue weighted by Gasteiger charge is 2.37. The van der Waals surface area contributed by atoms with Gasteiger partial charge in [0.05, 0.1) is 6.10 Å². The molecule has 0 saturated carbocycles. The van der Waals surface area contributed by atoms with Crippen molar-refractivity contribution in [2.24, 2.45) is 5.73 Å². The average molecular weight is 283 g/mol. The molecule has 0 aliphatic carbocycles. The fourth-order valence-electron chi connectivity index (χ4n) is 1.97. The van der Waals surface area contributed by atoms with Crippen molar-refractivity contribution in [1.29, 1.82) is 0 Å². The van der Waals surface area contributed by atoms with Gasteiger partial charge < -0.3 is 10.5 Å². The quantitative estimate of drug-likeness (QED) is 0.916. The molecule has 0 heterocycles. The highest BCUT2D eigenvalue weighted by Crippen LogP contribution is 2.32. The van der Waals surface area contributed by atoms with E-state index >= 15 is 0 Å². The summed E-state index contributed by atoms with van der Waals surface area (Å²) in [5.41, 5.74) is 5.27. The largest absolute Gasteiger partial charge is 0.491 e. The Bertz CT molecular complexity index is 608. The van der Waals surface area contributed by atoms with Crippen molar-refractivity contribution < 1.29 is 17.9 Å². The van der Waals surface area contributed by atoms with Crippen LogP contribution in [0.15, 0.2) is 36.4 Å². The molecule has 0 spiro atoms. The first kappa shape index (κ1) is 14.7. The predicted molar refractivity (Wildman–Crippen MR) is 72.7 cm³/mol. The molecular weight excluding hydrogens is 267 g/mol. The Hall–Kier alpha value is -1.75. The van der Waals surface area contributed by atoms with Crippen molar-refractivity contribution in [3.63, 3.8) is 0 Å². The zero-order chi connectivity index (χ0) is 14.9. The number of nitrogens with two attached hydrogens (primary N) is 1. The van der Waals surface area contributed by atoms with Gasteiger partial charge in [-0.3, -0.25) is 0 Å². The third-order valence-electron chi connectivity index (χ3n) is 2.92. The van der Waals surface area contributed by atoms with E-state index in [1.807, 2.05) is 13.8 Å². The van der Waals surface area contributed by atoms with E-state index in [4.69, 9.17) is 10.5 Å². The van der Waals surface area contributed by atoms with Crippen molar-refractivity contribution >= 4 is 10.8 Å². The Kier molecular flexibility index (Phi) is 3.90. The predicted octanol–water partition coefficient (Wildman–Crippen LogP) is 4.19. The van der Waals surface area contributed by atoms with Gasteiger partial charge in [0.1, 0.15) is 11.8 Å². The maximum atomic E-state index is 12.6. The molecular formula is C15H16F3NO. The minimum absolute atomic E-state index is 0.0466. The lowest BCUT2D eigenvalue weighted by atomic mass is 10.0. The highest BCUT2D eigenvalue weighted by molar-refractivity contribution is 5.84. The van der Waals surface area contributed by atoms with E-state index in [1.54, 1.807) is 24.3 Å². The zero-order valence-corrected chi connectivity index (χ0v) is 11.2. The lowest BCUT2D eigenvalue weighted by Crippen LogP contribution is -2.28. The second-order valence-corrected chi connectivity index (χ2v) is 4.95. The van der Waals surface area contributed by atoms with Gasteiger partial charge in [0.2, 0.25) is 0 Å². The third kappa shape index (κ3) is 3.22. The van der Waals surface area contributed by atoms with Crippen LogP contribution >= 0.6 is 0 Å². The standard InChI is InChI=1S/C15H16F3NO/c1-9(2)20-13-6-5-10-7-12(4-3-11(10)8-13)14(19)15(16,17)18/h3-9,14H,19H2,1-2H3/t14-/m0/s1. The lowest BCUT2D eigenvalue weighted by molar-refractivity contribution is -0.149. The smallest absolute Gasteiger partial charge is 0.407 e. The van der Waals surface area contributed by atoms with E-state index in [0.29, 0.717) is 11.1 Å². The molecule has 0 unspecified atom stereocenters. The van der Waals surface area contributed by atoms with Crippen LogP contribution in [0.5, 0.6) is 5.75 Å². The molecule has 2 aromatic carbocycles. The summed E-state index contributed by atoms with van der Waals surface area (Å²) in [4.78, 5) is 0. The maximum Gasteiger partial charge on any atom is 0.407 e. The van der Waals surface area contributed by atoms with Crippen molar-refractivity contribution in [1.82, 2.24) is 0 Å². The lowest BCUT2D eigenvalue weighted by Gasteiger charge is -2.16. The normalized spacial score (nSPS) is 13.8. The molecule has 2 rings (SSSR count).